The Morgan fingerprint density at radius 2 is 2.07 bits per heavy atom. The highest BCUT2D eigenvalue weighted by atomic mass is 32.2. The fraction of sp³-hybridized carbons (Fsp3) is 0.571. The molecule has 0 aliphatic rings. The number of hydrogen-bond donors (Lipinski definition) is 0. The van der Waals surface area contributed by atoms with Gasteiger partial charge in [0, 0.05) is 17.3 Å². The zero-order valence-electron chi connectivity index (χ0n) is 7.55. The van der Waals surface area contributed by atoms with Gasteiger partial charge in [0.15, 0.2) is 0 Å². The van der Waals surface area contributed by atoms with Crippen LogP contribution in [0.5, 0.6) is 0 Å². The van der Waals surface area contributed by atoms with E-state index in [-0.39, 0.29) is 10.6 Å². The van der Waals surface area contributed by atoms with E-state index in [1.807, 2.05) is 0 Å². The number of hydrogen-bond acceptors (Lipinski definition) is 2. The first-order valence-electron chi connectivity index (χ1n) is 3.86. The number of halogens is 5. The first-order chi connectivity index (χ1) is 6.79. The summed E-state index contributed by atoms with van der Waals surface area (Å²) in [7, 11) is 0. The van der Waals surface area contributed by atoms with Gasteiger partial charge in [-0.1, -0.05) is 0 Å². The third-order valence-corrected chi connectivity index (χ3v) is 2.44. The highest BCUT2D eigenvalue weighted by Crippen LogP contribution is 2.38. The molecule has 0 unspecified atom stereocenters. The van der Waals surface area contributed by atoms with Crippen molar-refractivity contribution in [3.8, 4) is 0 Å². The minimum absolute atomic E-state index is 0.234. The van der Waals surface area contributed by atoms with Gasteiger partial charge >= 0.3 is 5.51 Å². The topological polar surface area (TPSA) is 17.8 Å². The molecule has 1 aromatic rings. The summed E-state index contributed by atoms with van der Waals surface area (Å²) in [5, 5.41) is 3.17. The third kappa shape index (κ3) is 3.69. The van der Waals surface area contributed by atoms with E-state index in [1.165, 1.54) is 6.92 Å². The average molecular weight is 246 g/mol. The number of aryl methyl sites for hydroxylation is 1. The molecule has 0 aliphatic heterocycles. The molecular formula is C7H7F5N2S. The van der Waals surface area contributed by atoms with Crippen molar-refractivity contribution in [2.24, 2.45) is 0 Å². The molecule has 0 aromatic carbocycles. The largest absolute Gasteiger partial charge is 0.447 e. The van der Waals surface area contributed by atoms with Crippen molar-refractivity contribution in [1.29, 1.82) is 0 Å². The van der Waals surface area contributed by atoms with Crippen LogP contribution in [-0.4, -0.2) is 21.7 Å². The van der Waals surface area contributed by atoms with E-state index in [4.69, 9.17) is 0 Å². The van der Waals surface area contributed by atoms with Gasteiger partial charge in [-0.2, -0.15) is 18.3 Å². The first-order valence-corrected chi connectivity index (χ1v) is 4.67. The summed E-state index contributed by atoms with van der Waals surface area (Å²) in [4.78, 5) is 0. The molecule has 15 heavy (non-hydrogen) atoms. The number of rotatable bonds is 3. The molecule has 0 bridgehead atoms. The van der Waals surface area contributed by atoms with E-state index < -0.39 is 30.2 Å². The van der Waals surface area contributed by atoms with Crippen molar-refractivity contribution in [1.82, 2.24) is 9.78 Å². The molecule has 0 radical (unpaired) electrons. The van der Waals surface area contributed by atoms with Gasteiger partial charge in [-0.05, 0) is 6.92 Å². The molecule has 0 saturated carbocycles. The predicted molar refractivity (Wildman–Crippen MR) is 44.9 cm³/mol. The molecule has 0 amide bonds. The second-order valence-corrected chi connectivity index (χ2v) is 3.81. The van der Waals surface area contributed by atoms with Crippen LogP contribution in [0.3, 0.4) is 0 Å². The number of thioether (sulfide) groups is 1. The predicted octanol–water partition coefficient (Wildman–Crippen LogP) is 3.07. The normalized spacial score (nSPS) is 12.5. The second kappa shape index (κ2) is 4.38. The lowest BCUT2D eigenvalue weighted by Crippen LogP contribution is -2.11. The fourth-order valence-corrected chi connectivity index (χ4v) is 1.63. The summed E-state index contributed by atoms with van der Waals surface area (Å²) in [6, 6.07) is 0. The Kier molecular flexibility index (Phi) is 3.58. The quantitative estimate of drug-likeness (QED) is 0.602. The van der Waals surface area contributed by atoms with Crippen LogP contribution in [0.25, 0.3) is 0 Å². The van der Waals surface area contributed by atoms with Crippen LogP contribution in [0.4, 0.5) is 22.0 Å². The van der Waals surface area contributed by atoms with Crippen molar-refractivity contribution < 1.29 is 22.0 Å². The smallest absolute Gasteiger partial charge is 0.253 e. The molecule has 1 aromatic heterocycles. The van der Waals surface area contributed by atoms with Crippen LogP contribution in [0.1, 0.15) is 5.56 Å². The van der Waals surface area contributed by atoms with E-state index in [9.17, 15) is 22.0 Å². The molecule has 8 heteroatoms. The van der Waals surface area contributed by atoms with Crippen molar-refractivity contribution >= 4 is 11.8 Å². The maximum atomic E-state index is 12.1. The Labute approximate surface area is 86.4 Å². The van der Waals surface area contributed by atoms with Crippen molar-refractivity contribution in [3.05, 3.63) is 11.8 Å². The van der Waals surface area contributed by atoms with Gasteiger partial charge in [-0.3, -0.25) is 4.68 Å². The average Bonchev–Trinajstić information content (AvgIpc) is 2.32. The summed E-state index contributed by atoms with van der Waals surface area (Å²) in [5.41, 5.74) is -4.26. The maximum absolute atomic E-state index is 12.1. The number of aromatic nitrogens is 2. The van der Waals surface area contributed by atoms with Crippen molar-refractivity contribution in [2.45, 2.75) is 30.4 Å². The fourth-order valence-electron chi connectivity index (χ4n) is 0.971. The van der Waals surface area contributed by atoms with E-state index >= 15 is 0 Å². The maximum Gasteiger partial charge on any atom is 0.447 e. The standard InChI is InChI=1S/C7H7F5N2S/c1-4-2-13-14(3-5(8)9)6(4)15-7(10,11)12/h2,5H,3H2,1H3. The molecule has 2 nitrogen and oxygen atoms in total. The van der Waals surface area contributed by atoms with Crippen LogP contribution in [0, 0.1) is 6.92 Å². The lowest BCUT2D eigenvalue weighted by Gasteiger charge is -2.09. The summed E-state index contributed by atoms with van der Waals surface area (Å²) in [6.45, 7) is 0.565. The minimum atomic E-state index is -4.50. The monoisotopic (exact) mass is 246 g/mol. The van der Waals surface area contributed by atoms with Gasteiger partial charge in [0.1, 0.15) is 11.6 Å². The summed E-state index contributed by atoms with van der Waals surface area (Å²) < 4.78 is 60.8. The summed E-state index contributed by atoms with van der Waals surface area (Å²) in [5.74, 6) is 0. The summed E-state index contributed by atoms with van der Waals surface area (Å²) in [6.07, 6.45) is -1.59. The van der Waals surface area contributed by atoms with E-state index in [2.05, 4.69) is 5.10 Å². The molecule has 1 heterocycles. The van der Waals surface area contributed by atoms with Crippen LogP contribution in [-0.2, 0) is 6.54 Å². The minimum Gasteiger partial charge on any atom is -0.253 e. The molecule has 1 rings (SSSR count). The van der Waals surface area contributed by atoms with E-state index in [0.29, 0.717) is 4.68 Å². The van der Waals surface area contributed by atoms with Crippen molar-refractivity contribution in [2.75, 3.05) is 0 Å². The van der Waals surface area contributed by atoms with Gasteiger partial charge in [0.05, 0.1) is 6.20 Å². The first kappa shape index (κ1) is 12.3. The Morgan fingerprint density at radius 1 is 1.47 bits per heavy atom. The molecule has 86 valence electrons. The van der Waals surface area contributed by atoms with Crippen LogP contribution < -0.4 is 0 Å². The lowest BCUT2D eigenvalue weighted by molar-refractivity contribution is -0.0332. The Morgan fingerprint density at radius 3 is 2.53 bits per heavy atom. The van der Waals surface area contributed by atoms with Gasteiger partial charge < -0.3 is 0 Å². The Bertz CT molecular complexity index is 333. The molecule has 0 saturated heterocycles. The summed E-state index contributed by atoms with van der Waals surface area (Å²) >= 11 is -0.430. The van der Waals surface area contributed by atoms with Gasteiger partial charge in [0.2, 0.25) is 0 Å². The highest BCUT2D eigenvalue weighted by molar-refractivity contribution is 8.00. The zero-order chi connectivity index (χ0) is 11.6. The molecule has 0 spiro atoms. The van der Waals surface area contributed by atoms with Gasteiger partial charge in [-0.15, -0.1) is 0 Å². The molecular weight excluding hydrogens is 239 g/mol. The van der Waals surface area contributed by atoms with Gasteiger partial charge in [-0.25, -0.2) is 8.78 Å². The second-order valence-electron chi connectivity index (χ2n) is 2.75. The Hall–Kier alpha value is -0.790. The highest BCUT2D eigenvalue weighted by Gasteiger charge is 2.32. The molecule has 0 fully saturated rings. The van der Waals surface area contributed by atoms with E-state index in [1.54, 1.807) is 0 Å². The SMILES string of the molecule is Cc1cnn(CC(F)F)c1SC(F)(F)F. The zero-order valence-corrected chi connectivity index (χ0v) is 8.37. The van der Waals surface area contributed by atoms with Crippen molar-refractivity contribution in [3.63, 3.8) is 0 Å². The molecule has 0 atom stereocenters. The van der Waals surface area contributed by atoms with Crippen LogP contribution in [0.2, 0.25) is 0 Å². The van der Waals surface area contributed by atoms with Crippen LogP contribution >= 0.6 is 11.8 Å². The Balaban J connectivity index is 2.89. The van der Waals surface area contributed by atoms with E-state index in [0.717, 1.165) is 6.20 Å². The van der Waals surface area contributed by atoms with Crippen LogP contribution in [0.15, 0.2) is 11.2 Å². The molecule has 0 aliphatic carbocycles. The third-order valence-electron chi connectivity index (χ3n) is 1.49. The number of nitrogens with zero attached hydrogens (tertiary/aromatic N) is 2. The lowest BCUT2D eigenvalue weighted by atomic mass is 10.4. The molecule has 0 N–H and O–H groups in total. The van der Waals surface area contributed by atoms with Gasteiger partial charge in [0.25, 0.3) is 6.43 Å². The number of alkyl halides is 5.